The van der Waals surface area contributed by atoms with Crippen molar-refractivity contribution in [3.8, 4) is 5.75 Å². The molecule has 1 aliphatic rings. The highest BCUT2D eigenvalue weighted by atomic mass is 19.4. The summed E-state index contributed by atoms with van der Waals surface area (Å²) in [5.41, 5.74) is 1.86. The number of aromatic nitrogens is 1. The average Bonchev–Trinajstić information content (AvgIpc) is 3.07. The molecule has 35 heavy (non-hydrogen) atoms. The fourth-order valence-electron chi connectivity index (χ4n) is 3.98. The number of rotatable bonds is 7. The highest BCUT2D eigenvalue weighted by Gasteiger charge is 2.65. The Bertz CT molecular complexity index is 1130. The summed E-state index contributed by atoms with van der Waals surface area (Å²) in [5.74, 6) is -8.40. The summed E-state index contributed by atoms with van der Waals surface area (Å²) in [7, 11) is 0. The van der Waals surface area contributed by atoms with Gasteiger partial charge >= 0.3 is 6.18 Å². The van der Waals surface area contributed by atoms with E-state index in [4.69, 9.17) is 20.3 Å². The maximum atomic E-state index is 14.6. The first-order valence-electron chi connectivity index (χ1n) is 10.3. The maximum absolute atomic E-state index is 14.6. The smallest absolute Gasteiger partial charge is 0.417 e. The Labute approximate surface area is 196 Å². The molecule has 0 saturated carbocycles. The van der Waals surface area contributed by atoms with Crippen molar-refractivity contribution in [3.63, 3.8) is 0 Å². The van der Waals surface area contributed by atoms with Gasteiger partial charge in [0.2, 0.25) is 5.82 Å². The zero-order valence-electron chi connectivity index (χ0n) is 18.5. The molecule has 8 nitrogen and oxygen atoms in total. The summed E-state index contributed by atoms with van der Waals surface area (Å²) in [5, 5.41) is 11.4. The lowest BCUT2D eigenvalue weighted by molar-refractivity contribution is -0.272. The molecular formula is C22H22F5N3O5. The quantitative estimate of drug-likeness (QED) is 0.500. The number of carbonyl (C=O) groups is 2. The molecule has 4 N–H and O–H groups in total. The molecule has 0 radical (unpaired) electrons. The van der Waals surface area contributed by atoms with Crippen LogP contribution in [0.1, 0.15) is 35.8 Å². The first-order chi connectivity index (χ1) is 16.3. The number of anilines is 1. The standard InChI is InChI=1S/C22H22F5N3O5/c1-10-15(12-3-4-13(23)16(24)17(12)34-8-7-31)18(35-21(10,2)22(25,26)27)20(33)30-11-5-6-29-14(9-11)19(28)32/h3-6,9-10,15,18,31H,7-8H2,1-2H3,(H2,28,32)(H,29,30,33)/t10-,15-,18+,21+/m0/s1. The van der Waals surface area contributed by atoms with Crippen LogP contribution in [0.25, 0.3) is 0 Å². The summed E-state index contributed by atoms with van der Waals surface area (Å²) in [6.07, 6.45) is -5.61. The lowest BCUT2D eigenvalue weighted by Crippen LogP contribution is -2.47. The van der Waals surface area contributed by atoms with Gasteiger partial charge in [0.1, 0.15) is 18.4 Å². The number of nitrogens with one attached hydrogen (secondary N) is 1. The van der Waals surface area contributed by atoms with E-state index in [9.17, 15) is 31.5 Å². The van der Waals surface area contributed by atoms with Crippen LogP contribution in [0, 0.1) is 17.6 Å². The minimum Gasteiger partial charge on any atom is -0.488 e. The summed E-state index contributed by atoms with van der Waals surface area (Å²) in [6, 6.07) is 4.09. The fourth-order valence-corrected chi connectivity index (χ4v) is 3.98. The predicted octanol–water partition coefficient (Wildman–Crippen LogP) is 2.91. The van der Waals surface area contributed by atoms with E-state index < -0.39 is 72.1 Å². The molecule has 190 valence electrons. The second-order valence-electron chi connectivity index (χ2n) is 8.09. The Morgan fingerprint density at radius 3 is 2.57 bits per heavy atom. The summed E-state index contributed by atoms with van der Waals surface area (Å²) < 4.78 is 80.9. The zero-order chi connectivity index (χ0) is 26.1. The van der Waals surface area contributed by atoms with E-state index in [1.807, 2.05) is 0 Å². The number of amides is 2. The van der Waals surface area contributed by atoms with Crippen LogP contribution in [0.3, 0.4) is 0 Å². The van der Waals surface area contributed by atoms with Crippen molar-refractivity contribution in [3.05, 3.63) is 53.4 Å². The van der Waals surface area contributed by atoms with Crippen molar-refractivity contribution < 1.29 is 46.1 Å². The second-order valence-corrected chi connectivity index (χ2v) is 8.09. The molecular weight excluding hydrogens is 481 g/mol. The van der Waals surface area contributed by atoms with Crippen molar-refractivity contribution in [2.24, 2.45) is 11.7 Å². The number of nitrogens with two attached hydrogens (primary N) is 1. The number of aliphatic hydroxyl groups excluding tert-OH is 1. The zero-order valence-corrected chi connectivity index (χ0v) is 18.5. The van der Waals surface area contributed by atoms with Gasteiger partial charge in [-0.15, -0.1) is 0 Å². The Balaban J connectivity index is 2.09. The number of aliphatic hydroxyl groups is 1. The molecule has 1 aromatic carbocycles. The van der Waals surface area contributed by atoms with Gasteiger partial charge in [-0.1, -0.05) is 13.0 Å². The number of hydrogen-bond donors (Lipinski definition) is 3. The normalized spacial score (nSPS) is 24.3. The second kappa shape index (κ2) is 9.74. The fraction of sp³-hybridized carbons (Fsp3) is 0.409. The molecule has 2 amide bonds. The van der Waals surface area contributed by atoms with Crippen LogP contribution >= 0.6 is 0 Å². The van der Waals surface area contributed by atoms with Gasteiger partial charge in [0.15, 0.2) is 17.2 Å². The van der Waals surface area contributed by atoms with E-state index in [0.29, 0.717) is 6.07 Å². The molecule has 4 atom stereocenters. The molecule has 0 spiro atoms. The highest BCUT2D eigenvalue weighted by molar-refractivity contribution is 5.97. The van der Waals surface area contributed by atoms with E-state index in [-0.39, 0.29) is 16.9 Å². The largest absolute Gasteiger partial charge is 0.488 e. The van der Waals surface area contributed by atoms with Crippen molar-refractivity contribution >= 4 is 17.5 Å². The lowest BCUT2D eigenvalue weighted by Gasteiger charge is -2.32. The van der Waals surface area contributed by atoms with E-state index in [1.54, 1.807) is 0 Å². The molecule has 0 unspecified atom stereocenters. The first kappa shape index (κ1) is 26.3. The molecule has 1 aromatic heterocycles. The predicted molar refractivity (Wildman–Crippen MR) is 112 cm³/mol. The van der Waals surface area contributed by atoms with Gasteiger partial charge in [0, 0.05) is 29.3 Å². The third kappa shape index (κ3) is 4.91. The first-order valence-corrected chi connectivity index (χ1v) is 10.3. The number of alkyl halides is 3. The molecule has 2 heterocycles. The Morgan fingerprint density at radius 1 is 1.29 bits per heavy atom. The number of carbonyl (C=O) groups excluding carboxylic acids is 2. The SMILES string of the molecule is C[C@H]1[C@@H](c2ccc(F)c(F)c2OCCO)[C@H](C(=O)Nc2ccnc(C(N)=O)c2)O[C@@]1(C)C(F)(F)F. The van der Waals surface area contributed by atoms with Gasteiger partial charge in [-0.25, -0.2) is 4.39 Å². The number of benzene rings is 1. The summed E-state index contributed by atoms with van der Waals surface area (Å²) >= 11 is 0. The van der Waals surface area contributed by atoms with Gasteiger partial charge in [-0.2, -0.15) is 17.6 Å². The Morgan fingerprint density at radius 2 is 1.97 bits per heavy atom. The molecule has 1 saturated heterocycles. The Hall–Kier alpha value is -3.32. The van der Waals surface area contributed by atoms with Gasteiger partial charge in [0.25, 0.3) is 11.8 Å². The lowest BCUT2D eigenvalue weighted by atomic mass is 9.77. The van der Waals surface area contributed by atoms with Crippen molar-refractivity contribution in [1.82, 2.24) is 4.98 Å². The minimum absolute atomic E-state index is 0.00328. The molecule has 3 rings (SSSR count). The number of pyridine rings is 1. The van der Waals surface area contributed by atoms with Crippen LogP contribution in [0.2, 0.25) is 0 Å². The van der Waals surface area contributed by atoms with Crippen LogP contribution in [0.5, 0.6) is 5.75 Å². The van der Waals surface area contributed by atoms with Gasteiger partial charge < -0.3 is 25.6 Å². The van der Waals surface area contributed by atoms with Crippen LogP contribution < -0.4 is 15.8 Å². The van der Waals surface area contributed by atoms with Crippen molar-refractivity contribution in [1.29, 1.82) is 0 Å². The maximum Gasteiger partial charge on any atom is 0.417 e. The van der Waals surface area contributed by atoms with Crippen LogP contribution in [-0.4, -0.2) is 53.0 Å². The minimum atomic E-state index is -4.93. The van der Waals surface area contributed by atoms with E-state index in [0.717, 1.165) is 25.3 Å². The molecule has 13 heteroatoms. The molecule has 2 aromatic rings. The highest BCUT2D eigenvalue weighted by Crippen LogP contribution is 2.55. The topological polar surface area (TPSA) is 124 Å². The number of ether oxygens (including phenoxy) is 2. The molecule has 0 bridgehead atoms. The third-order valence-corrected chi connectivity index (χ3v) is 5.98. The third-order valence-electron chi connectivity index (χ3n) is 5.98. The number of nitrogens with zero attached hydrogens (tertiary/aromatic N) is 1. The summed E-state index contributed by atoms with van der Waals surface area (Å²) in [4.78, 5) is 28.2. The molecule has 1 aliphatic heterocycles. The molecule has 1 fully saturated rings. The van der Waals surface area contributed by atoms with Gasteiger partial charge in [-0.05, 0) is 25.1 Å². The number of halogens is 5. The van der Waals surface area contributed by atoms with E-state index in [2.05, 4.69) is 10.3 Å². The van der Waals surface area contributed by atoms with Crippen molar-refractivity contribution in [2.75, 3.05) is 18.5 Å². The van der Waals surface area contributed by atoms with Crippen LogP contribution in [0.15, 0.2) is 30.5 Å². The monoisotopic (exact) mass is 503 g/mol. The van der Waals surface area contributed by atoms with E-state index >= 15 is 0 Å². The average molecular weight is 503 g/mol. The van der Waals surface area contributed by atoms with Gasteiger partial charge in [0.05, 0.1) is 6.61 Å². The number of primary amides is 1. The van der Waals surface area contributed by atoms with Crippen molar-refractivity contribution in [2.45, 2.75) is 37.6 Å². The Kier molecular flexibility index (Phi) is 7.31. The van der Waals surface area contributed by atoms with E-state index in [1.165, 1.54) is 13.0 Å². The van der Waals surface area contributed by atoms with Crippen LogP contribution in [-0.2, 0) is 9.53 Å². The van der Waals surface area contributed by atoms with Gasteiger partial charge in [-0.3, -0.25) is 14.6 Å². The summed E-state index contributed by atoms with van der Waals surface area (Å²) in [6.45, 7) is 0.861. The number of hydrogen-bond acceptors (Lipinski definition) is 6. The van der Waals surface area contributed by atoms with Crippen LogP contribution in [0.4, 0.5) is 27.6 Å². The molecule has 0 aliphatic carbocycles.